The lowest BCUT2D eigenvalue weighted by molar-refractivity contribution is 0.0899. The molecule has 0 atom stereocenters. The zero-order valence-corrected chi connectivity index (χ0v) is 9.52. The van der Waals surface area contributed by atoms with Crippen molar-refractivity contribution in [3.63, 3.8) is 0 Å². The van der Waals surface area contributed by atoms with Gasteiger partial charge in [0.2, 0.25) is 0 Å². The van der Waals surface area contributed by atoms with Gasteiger partial charge in [0.05, 0.1) is 6.10 Å². The van der Waals surface area contributed by atoms with Crippen LogP contribution in [0.4, 0.5) is 0 Å². The van der Waals surface area contributed by atoms with Gasteiger partial charge in [-0.15, -0.1) is 0 Å². The third kappa shape index (κ3) is 22.5. The Morgan fingerprint density at radius 3 is 1.42 bits per heavy atom. The summed E-state index contributed by atoms with van der Waals surface area (Å²) in [6.45, 7) is 11.4. The quantitative estimate of drug-likeness (QED) is 0.572. The van der Waals surface area contributed by atoms with Crippen LogP contribution in [0.15, 0.2) is 0 Å². The molecule has 0 heterocycles. The Bertz CT molecular complexity index is 56.0. The highest BCUT2D eigenvalue weighted by atomic mass is 16.5. The van der Waals surface area contributed by atoms with Crippen molar-refractivity contribution in [1.82, 2.24) is 0 Å². The van der Waals surface area contributed by atoms with Gasteiger partial charge < -0.3 is 4.74 Å². The van der Waals surface area contributed by atoms with Crippen molar-refractivity contribution < 1.29 is 4.74 Å². The van der Waals surface area contributed by atoms with E-state index >= 15 is 0 Å². The van der Waals surface area contributed by atoms with Crippen LogP contribution in [0.1, 0.15) is 60.3 Å². The fourth-order valence-corrected chi connectivity index (χ4v) is 0.833. The summed E-state index contributed by atoms with van der Waals surface area (Å²) < 4.78 is 5.04. The number of rotatable bonds is 5. The van der Waals surface area contributed by atoms with E-state index in [4.69, 9.17) is 4.74 Å². The molecular weight excluding hydrogens is 148 g/mol. The molecule has 0 bridgehead atoms. The Kier molecular flexibility index (Phi) is 16.3. The smallest absolute Gasteiger partial charge is 0.0518 e. The number of hydrogen-bond donors (Lipinski definition) is 0. The molecular formula is C11H26O. The lowest BCUT2D eigenvalue weighted by atomic mass is 10.2. The molecule has 0 spiro atoms. The van der Waals surface area contributed by atoms with Gasteiger partial charge >= 0.3 is 0 Å². The maximum atomic E-state index is 5.04. The largest absolute Gasteiger partial charge is 0.379 e. The lowest BCUT2D eigenvalue weighted by Crippen LogP contribution is -1.99. The van der Waals surface area contributed by atoms with E-state index in [1.54, 1.807) is 0 Å². The Morgan fingerprint density at radius 1 is 0.917 bits per heavy atom. The van der Waals surface area contributed by atoms with Crippen molar-refractivity contribution in [2.75, 3.05) is 6.61 Å². The van der Waals surface area contributed by atoms with Crippen molar-refractivity contribution in [3.05, 3.63) is 0 Å². The summed E-state index contributed by atoms with van der Waals surface area (Å²) in [5.74, 6) is 0. The lowest BCUT2D eigenvalue weighted by Gasteiger charge is -2.00. The summed E-state index contributed by atoms with van der Waals surface area (Å²) in [5.41, 5.74) is 0. The predicted molar refractivity (Wildman–Crippen MR) is 56.6 cm³/mol. The molecule has 0 unspecified atom stereocenters. The fraction of sp³-hybridized carbons (Fsp3) is 1.00. The normalized spacial score (nSPS) is 9.50. The van der Waals surface area contributed by atoms with Crippen LogP contribution in [0, 0.1) is 0 Å². The van der Waals surface area contributed by atoms with E-state index in [9.17, 15) is 0 Å². The summed E-state index contributed by atoms with van der Waals surface area (Å²) >= 11 is 0. The molecule has 0 saturated heterocycles. The first-order valence-electron chi connectivity index (χ1n) is 5.30. The molecule has 0 aromatic heterocycles. The van der Waals surface area contributed by atoms with E-state index in [2.05, 4.69) is 13.8 Å². The second-order valence-electron chi connectivity index (χ2n) is 3.21. The molecule has 76 valence electrons. The molecule has 0 radical (unpaired) electrons. The van der Waals surface area contributed by atoms with Crippen LogP contribution >= 0.6 is 0 Å². The van der Waals surface area contributed by atoms with Crippen molar-refractivity contribution in [2.24, 2.45) is 0 Å². The van der Waals surface area contributed by atoms with Crippen molar-refractivity contribution in [3.8, 4) is 0 Å². The second-order valence-corrected chi connectivity index (χ2v) is 3.21. The first-order chi connectivity index (χ1) is 5.68. The minimum Gasteiger partial charge on any atom is -0.379 e. The van der Waals surface area contributed by atoms with Crippen LogP contribution in [0.3, 0.4) is 0 Å². The van der Waals surface area contributed by atoms with E-state index in [0.29, 0.717) is 6.10 Å². The van der Waals surface area contributed by atoms with Gasteiger partial charge in [0.25, 0.3) is 0 Å². The Hall–Kier alpha value is -0.0400. The number of ether oxygens (including phenoxy) is 1. The Morgan fingerprint density at radius 2 is 1.33 bits per heavy atom. The molecule has 1 nitrogen and oxygen atoms in total. The molecule has 12 heavy (non-hydrogen) atoms. The highest BCUT2D eigenvalue weighted by molar-refractivity contribution is 4.31. The van der Waals surface area contributed by atoms with Crippen LogP contribution in [0.2, 0.25) is 0 Å². The van der Waals surface area contributed by atoms with Crippen LogP contribution in [-0.4, -0.2) is 12.7 Å². The molecule has 0 aliphatic heterocycles. The van der Waals surface area contributed by atoms with Gasteiger partial charge in [0, 0.05) is 6.61 Å². The van der Waals surface area contributed by atoms with E-state index in [1.807, 2.05) is 20.8 Å². The third-order valence-corrected chi connectivity index (χ3v) is 1.46. The number of unbranched alkanes of at least 4 members (excludes halogenated alkanes) is 3. The number of hydrogen-bond acceptors (Lipinski definition) is 1. The summed E-state index contributed by atoms with van der Waals surface area (Å²) in [4.78, 5) is 0. The molecule has 0 fully saturated rings. The first-order valence-corrected chi connectivity index (χ1v) is 5.30. The third-order valence-electron chi connectivity index (χ3n) is 1.46. The minimum absolute atomic E-state index is 0.398. The van der Waals surface area contributed by atoms with Gasteiger partial charge in [-0.3, -0.25) is 0 Å². The monoisotopic (exact) mass is 174 g/mol. The summed E-state index contributed by atoms with van der Waals surface area (Å²) in [5, 5.41) is 0. The van der Waals surface area contributed by atoms with E-state index < -0.39 is 0 Å². The van der Waals surface area contributed by atoms with Gasteiger partial charge in [0.15, 0.2) is 0 Å². The molecule has 0 aromatic rings. The highest BCUT2D eigenvalue weighted by Gasteiger charge is 1.83. The molecule has 0 amide bonds. The van der Waals surface area contributed by atoms with Crippen molar-refractivity contribution in [2.45, 2.75) is 66.4 Å². The zero-order chi connectivity index (χ0) is 9.82. The summed E-state index contributed by atoms with van der Waals surface area (Å²) in [7, 11) is 0. The average Bonchev–Trinajstić information content (AvgIpc) is 2.02. The molecule has 1 heteroatoms. The van der Waals surface area contributed by atoms with Gasteiger partial charge in [0.1, 0.15) is 0 Å². The maximum absolute atomic E-state index is 5.04. The van der Waals surface area contributed by atoms with Crippen molar-refractivity contribution in [1.29, 1.82) is 0 Å². The Labute approximate surface area is 78.5 Å². The van der Waals surface area contributed by atoms with E-state index in [1.165, 1.54) is 25.7 Å². The van der Waals surface area contributed by atoms with Crippen LogP contribution in [0.5, 0.6) is 0 Å². The predicted octanol–water partition coefficient (Wildman–Crippen LogP) is 4.02. The summed E-state index contributed by atoms with van der Waals surface area (Å²) in [6, 6.07) is 0. The SMILES string of the molecule is CCCCCC.CCOC(C)C. The van der Waals surface area contributed by atoms with Crippen LogP contribution in [-0.2, 0) is 4.74 Å². The molecule has 0 rings (SSSR count). The average molecular weight is 174 g/mol. The van der Waals surface area contributed by atoms with Gasteiger partial charge in [-0.2, -0.15) is 0 Å². The van der Waals surface area contributed by atoms with Gasteiger partial charge in [-0.25, -0.2) is 0 Å². The molecule has 0 aliphatic carbocycles. The first kappa shape index (κ1) is 14.5. The van der Waals surface area contributed by atoms with E-state index in [-0.39, 0.29) is 0 Å². The van der Waals surface area contributed by atoms with Crippen LogP contribution < -0.4 is 0 Å². The zero-order valence-electron chi connectivity index (χ0n) is 9.52. The summed E-state index contributed by atoms with van der Waals surface area (Å²) in [6.07, 6.45) is 5.93. The van der Waals surface area contributed by atoms with Crippen molar-refractivity contribution >= 4 is 0 Å². The fourth-order valence-electron chi connectivity index (χ4n) is 0.833. The Balaban J connectivity index is 0. The van der Waals surface area contributed by atoms with E-state index in [0.717, 1.165) is 6.61 Å². The van der Waals surface area contributed by atoms with Gasteiger partial charge in [-0.1, -0.05) is 39.5 Å². The standard InChI is InChI=1S/C6H14.C5H12O/c1-3-5-6-4-2;1-4-6-5(2)3/h3-6H2,1-2H3;5H,4H2,1-3H3. The maximum Gasteiger partial charge on any atom is 0.0518 e. The molecule has 0 aromatic carbocycles. The topological polar surface area (TPSA) is 9.23 Å². The molecule has 0 saturated carbocycles. The molecule has 0 aliphatic rings. The van der Waals surface area contributed by atoms with Gasteiger partial charge in [-0.05, 0) is 20.8 Å². The highest BCUT2D eigenvalue weighted by Crippen LogP contribution is 1.95. The molecule has 0 N–H and O–H groups in total. The minimum atomic E-state index is 0.398. The second kappa shape index (κ2) is 13.5. The van der Waals surface area contributed by atoms with Crippen LogP contribution in [0.25, 0.3) is 0 Å².